The van der Waals surface area contributed by atoms with Crippen LogP contribution in [-0.2, 0) is 4.79 Å². The Labute approximate surface area is 129 Å². The van der Waals surface area contributed by atoms with Crippen molar-refractivity contribution in [1.29, 1.82) is 0 Å². The van der Waals surface area contributed by atoms with Gasteiger partial charge in [0.15, 0.2) is 11.6 Å². The third-order valence-corrected chi connectivity index (χ3v) is 3.75. The van der Waals surface area contributed by atoms with E-state index in [1.165, 1.54) is 19.6 Å². The van der Waals surface area contributed by atoms with Crippen LogP contribution in [0.5, 0.6) is 5.75 Å². The smallest absolute Gasteiger partial charge is 0.249 e. The molecule has 0 saturated heterocycles. The molecule has 0 aliphatic heterocycles. The number of hydrogen-bond acceptors (Lipinski definition) is 4. The fraction of sp³-hybridized carbons (Fsp3) is 0.294. The van der Waals surface area contributed by atoms with Gasteiger partial charge in [0.25, 0.3) is 0 Å². The lowest BCUT2D eigenvalue weighted by molar-refractivity contribution is -0.111. The van der Waals surface area contributed by atoms with E-state index in [1.807, 2.05) is 12.1 Å². The van der Waals surface area contributed by atoms with E-state index in [1.54, 1.807) is 24.4 Å². The fourth-order valence-electron chi connectivity index (χ4n) is 2.34. The van der Waals surface area contributed by atoms with Crippen molar-refractivity contribution in [3.8, 4) is 5.75 Å². The first-order valence-corrected chi connectivity index (χ1v) is 7.25. The zero-order valence-corrected chi connectivity index (χ0v) is 12.6. The number of amides is 1. The molecule has 2 atom stereocenters. The number of pyridine rings is 1. The molecule has 1 saturated carbocycles. The maximum absolute atomic E-state index is 11.9. The van der Waals surface area contributed by atoms with Crippen molar-refractivity contribution in [1.82, 2.24) is 4.98 Å². The number of carbonyl (C=O) groups excluding carboxylic acids is 1. The Morgan fingerprint density at radius 2 is 2.27 bits per heavy atom. The lowest BCUT2D eigenvalue weighted by Crippen LogP contribution is -2.10. The highest BCUT2D eigenvalue weighted by atomic mass is 16.5. The highest BCUT2D eigenvalue weighted by molar-refractivity contribution is 6.01. The average Bonchev–Trinajstić information content (AvgIpc) is 3.07. The van der Waals surface area contributed by atoms with Crippen LogP contribution in [0.2, 0.25) is 0 Å². The second-order valence-corrected chi connectivity index (χ2v) is 5.44. The summed E-state index contributed by atoms with van der Waals surface area (Å²) in [6, 6.07) is 7.34. The van der Waals surface area contributed by atoms with Crippen LogP contribution in [0.15, 0.2) is 41.0 Å². The summed E-state index contributed by atoms with van der Waals surface area (Å²) in [4.78, 5) is 16.0. The Morgan fingerprint density at radius 1 is 1.45 bits per heavy atom. The largest absolute Gasteiger partial charge is 0.493 e. The minimum atomic E-state index is -0.283. The van der Waals surface area contributed by atoms with E-state index in [4.69, 9.17) is 9.15 Å². The number of aromatic nitrogens is 1. The molecule has 2 heterocycles. The molecule has 0 unspecified atom stereocenters. The summed E-state index contributed by atoms with van der Waals surface area (Å²) in [5.41, 5.74) is 0. The summed E-state index contributed by atoms with van der Waals surface area (Å²) < 4.78 is 10.9. The first kappa shape index (κ1) is 14.4. The summed E-state index contributed by atoms with van der Waals surface area (Å²) >= 11 is 0. The van der Waals surface area contributed by atoms with Crippen LogP contribution < -0.4 is 10.1 Å². The van der Waals surface area contributed by atoms with Gasteiger partial charge in [-0.05, 0) is 42.7 Å². The van der Waals surface area contributed by atoms with Gasteiger partial charge in [0.1, 0.15) is 11.5 Å². The molecule has 0 radical (unpaired) electrons. The van der Waals surface area contributed by atoms with Crippen LogP contribution >= 0.6 is 0 Å². The highest BCUT2D eigenvalue weighted by Gasteiger charge is 2.36. The average molecular weight is 298 g/mol. The molecule has 2 aromatic rings. The van der Waals surface area contributed by atoms with E-state index in [2.05, 4.69) is 17.2 Å². The predicted molar refractivity (Wildman–Crippen MR) is 83.7 cm³/mol. The van der Waals surface area contributed by atoms with Gasteiger partial charge < -0.3 is 14.5 Å². The van der Waals surface area contributed by atoms with Gasteiger partial charge in [0, 0.05) is 18.2 Å². The first-order valence-electron chi connectivity index (χ1n) is 7.25. The lowest BCUT2D eigenvalue weighted by atomic mass is 10.3. The van der Waals surface area contributed by atoms with Crippen molar-refractivity contribution in [2.45, 2.75) is 19.3 Å². The van der Waals surface area contributed by atoms with Gasteiger partial charge in [-0.2, -0.15) is 0 Å². The highest BCUT2D eigenvalue weighted by Crippen LogP contribution is 2.47. The molecule has 1 N–H and O–H groups in total. The van der Waals surface area contributed by atoms with E-state index in [9.17, 15) is 4.79 Å². The summed E-state index contributed by atoms with van der Waals surface area (Å²) in [5, 5.41) is 2.68. The molecule has 0 spiro atoms. The molecule has 0 bridgehead atoms. The van der Waals surface area contributed by atoms with E-state index < -0.39 is 0 Å². The summed E-state index contributed by atoms with van der Waals surface area (Å²) in [6.07, 6.45) is 5.85. The zero-order valence-electron chi connectivity index (χ0n) is 12.6. The predicted octanol–water partition coefficient (Wildman–Crippen LogP) is 3.46. The van der Waals surface area contributed by atoms with E-state index in [-0.39, 0.29) is 5.91 Å². The quantitative estimate of drug-likeness (QED) is 0.859. The third-order valence-electron chi connectivity index (χ3n) is 3.75. The van der Waals surface area contributed by atoms with Gasteiger partial charge in [-0.15, -0.1) is 0 Å². The van der Waals surface area contributed by atoms with E-state index in [0.29, 0.717) is 29.2 Å². The molecular formula is C17H18N2O3. The molecule has 1 aliphatic rings. The number of anilines is 1. The topological polar surface area (TPSA) is 64.4 Å². The van der Waals surface area contributed by atoms with Gasteiger partial charge >= 0.3 is 0 Å². The Balaban J connectivity index is 1.62. The van der Waals surface area contributed by atoms with Gasteiger partial charge in [-0.25, -0.2) is 4.98 Å². The lowest BCUT2D eigenvalue weighted by Gasteiger charge is -2.06. The monoisotopic (exact) mass is 298 g/mol. The Hall–Kier alpha value is -2.56. The van der Waals surface area contributed by atoms with Crippen molar-refractivity contribution in [2.75, 3.05) is 12.4 Å². The minimum absolute atomic E-state index is 0.283. The minimum Gasteiger partial charge on any atom is -0.493 e. The second kappa shape index (κ2) is 6.05. The summed E-state index contributed by atoms with van der Waals surface area (Å²) in [6.45, 7) is 2.20. The second-order valence-electron chi connectivity index (χ2n) is 5.44. The maximum Gasteiger partial charge on any atom is 0.249 e. The van der Waals surface area contributed by atoms with E-state index >= 15 is 0 Å². The maximum atomic E-state index is 11.9. The van der Waals surface area contributed by atoms with Crippen LogP contribution in [0.25, 0.3) is 6.08 Å². The number of hydrogen-bond donors (Lipinski definition) is 1. The molecule has 22 heavy (non-hydrogen) atoms. The van der Waals surface area contributed by atoms with Gasteiger partial charge in [0.05, 0.1) is 7.11 Å². The number of furan rings is 1. The standard InChI is InChI=1S/C17H18N2O3/c1-11-10-13(11)14-7-5-12(22-14)6-8-16(20)19-17-15(21-2)4-3-9-18-17/h3-9,11,13H,10H2,1-2H3,(H,18,19,20)/b8-6-/t11-,13-/m1/s1. The third kappa shape index (κ3) is 3.19. The molecule has 1 aliphatic carbocycles. The van der Waals surface area contributed by atoms with Gasteiger partial charge in [0.2, 0.25) is 5.91 Å². The van der Waals surface area contributed by atoms with Crippen LogP contribution in [0, 0.1) is 5.92 Å². The molecule has 114 valence electrons. The van der Waals surface area contributed by atoms with Crippen molar-refractivity contribution in [3.63, 3.8) is 0 Å². The van der Waals surface area contributed by atoms with Crippen molar-refractivity contribution in [2.24, 2.45) is 5.92 Å². The Bertz CT molecular complexity index is 705. The summed E-state index contributed by atoms with van der Waals surface area (Å²) in [5.74, 6) is 3.54. The van der Waals surface area contributed by atoms with Crippen molar-refractivity contribution >= 4 is 17.8 Å². The van der Waals surface area contributed by atoms with Crippen LogP contribution in [-0.4, -0.2) is 18.0 Å². The first-order chi connectivity index (χ1) is 10.7. The van der Waals surface area contributed by atoms with Gasteiger partial charge in [-0.3, -0.25) is 4.79 Å². The number of carbonyl (C=O) groups is 1. The number of nitrogens with zero attached hydrogens (tertiary/aromatic N) is 1. The zero-order chi connectivity index (χ0) is 15.5. The van der Waals surface area contributed by atoms with Gasteiger partial charge in [-0.1, -0.05) is 6.92 Å². The molecule has 0 aromatic carbocycles. The fourth-order valence-corrected chi connectivity index (χ4v) is 2.34. The molecular weight excluding hydrogens is 280 g/mol. The molecule has 3 rings (SSSR count). The SMILES string of the molecule is COc1cccnc1NC(=O)/C=C\c1ccc([C@@H]2C[C@H]2C)o1. The molecule has 1 fully saturated rings. The summed E-state index contributed by atoms with van der Waals surface area (Å²) in [7, 11) is 1.53. The normalized spacial score (nSPS) is 20.1. The number of nitrogens with one attached hydrogen (secondary N) is 1. The Kier molecular flexibility index (Phi) is 3.96. The molecule has 1 amide bonds. The number of rotatable bonds is 5. The van der Waals surface area contributed by atoms with E-state index in [0.717, 1.165) is 5.76 Å². The number of ether oxygens (including phenoxy) is 1. The van der Waals surface area contributed by atoms with Crippen LogP contribution in [0.1, 0.15) is 30.8 Å². The van der Waals surface area contributed by atoms with Crippen LogP contribution in [0.3, 0.4) is 0 Å². The Morgan fingerprint density at radius 3 is 3.00 bits per heavy atom. The van der Waals surface area contributed by atoms with Crippen molar-refractivity contribution in [3.05, 3.63) is 48.1 Å². The van der Waals surface area contributed by atoms with Crippen molar-refractivity contribution < 1.29 is 13.9 Å². The molecule has 5 heteroatoms. The van der Waals surface area contributed by atoms with Crippen LogP contribution in [0.4, 0.5) is 5.82 Å². The number of methoxy groups -OCH3 is 1. The molecule has 5 nitrogen and oxygen atoms in total. The molecule has 2 aromatic heterocycles.